The molecule has 1 N–H and O–H groups in total. The first-order chi connectivity index (χ1) is 6.11. The summed E-state index contributed by atoms with van der Waals surface area (Å²) in [6.45, 7) is 8.84. The SMILES string of the molecule is CCOC(C)(NC(CC)CC)OC. The largest absolute Gasteiger partial charge is 0.341 e. The quantitative estimate of drug-likeness (QED) is 0.622. The van der Waals surface area contributed by atoms with Crippen molar-refractivity contribution in [1.82, 2.24) is 5.32 Å². The van der Waals surface area contributed by atoms with Crippen LogP contribution in [0.25, 0.3) is 0 Å². The van der Waals surface area contributed by atoms with Crippen molar-refractivity contribution in [3.63, 3.8) is 0 Å². The first-order valence-electron chi connectivity index (χ1n) is 5.08. The van der Waals surface area contributed by atoms with Gasteiger partial charge in [0.2, 0.25) is 5.91 Å². The van der Waals surface area contributed by atoms with Crippen molar-refractivity contribution < 1.29 is 9.47 Å². The van der Waals surface area contributed by atoms with E-state index in [1.807, 2.05) is 13.8 Å². The fourth-order valence-electron chi connectivity index (χ4n) is 1.30. The van der Waals surface area contributed by atoms with E-state index in [2.05, 4.69) is 19.2 Å². The van der Waals surface area contributed by atoms with Gasteiger partial charge in [0, 0.05) is 26.7 Å². The Labute approximate surface area is 81.8 Å². The van der Waals surface area contributed by atoms with Crippen LogP contribution in [0.2, 0.25) is 0 Å². The summed E-state index contributed by atoms with van der Waals surface area (Å²) >= 11 is 0. The van der Waals surface area contributed by atoms with Crippen molar-refractivity contribution in [3.8, 4) is 0 Å². The molecule has 3 nitrogen and oxygen atoms in total. The molecule has 13 heavy (non-hydrogen) atoms. The van der Waals surface area contributed by atoms with Crippen molar-refractivity contribution in [2.45, 2.75) is 52.5 Å². The molecule has 0 rings (SSSR count). The van der Waals surface area contributed by atoms with Crippen molar-refractivity contribution in [2.75, 3.05) is 13.7 Å². The van der Waals surface area contributed by atoms with Crippen LogP contribution in [0.1, 0.15) is 40.5 Å². The van der Waals surface area contributed by atoms with E-state index in [-0.39, 0.29) is 0 Å². The van der Waals surface area contributed by atoms with Crippen LogP contribution in [0.5, 0.6) is 0 Å². The Morgan fingerprint density at radius 2 is 1.77 bits per heavy atom. The maximum absolute atomic E-state index is 5.48. The van der Waals surface area contributed by atoms with Gasteiger partial charge in [-0.3, -0.25) is 5.32 Å². The van der Waals surface area contributed by atoms with E-state index in [9.17, 15) is 0 Å². The maximum atomic E-state index is 5.48. The van der Waals surface area contributed by atoms with Gasteiger partial charge in [0.15, 0.2) is 0 Å². The predicted molar refractivity (Wildman–Crippen MR) is 54.5 cm³/mol. The Morgan fingerprint density at radius 3 is 2.08 bits per heavy atom. The minimum absolute atomic E-state index is 0.455. The van der Waals surface area contributed by atoms with E-state index >= 15 is 0 Å². The molecule has 0 aromatic rings. The third-order valence-corrected chi connectivity index (χ3v) is 2.26. The number of nitrogens with one attached hydrogen (secondary N) is 1. The number of ether oxygens (including phenoxy) is 2. The summed E-state index contributed by atoms with van der Waals surface area (Å²) in [6, 6.07) is 0.455. The van der Waals surface area contributed by atoms with Gasteiger partial charge in [-0.05, 0) is 19.8 Å². The highest BCUT2D eigenvalue weighted by molar-refractivity contribution is 4.68. The third-order valence-electron chi connectivity index (χ3n) is 2.26. The number of methoxy groups -OCH3 is 1. The second kappa shape index (κ2) is 6.35. The van der Waals surface area contributed by atoms with Gasteiger partial charge in [-0.1, -0.05) is 13.8 Å². The Hall–Kier alpha value is -0.120. The van der Waals surface area contributed by atoms with Gasteiger partial charge in [0.05, 0.1) is 0 Å². The average molecular weight is 189 g/mol. The van der Waals surface area contributed by atoms with Crippen LogP contribution in [0.4, 0.5) is 0 Å². The molecule has 1 atom stereocenters. The molecule has 0 aromatic heterocycles. The highest BCUT2D eigenvalue weighted by atomic mass is 16.7. The molecule has 0 saturated heterocycles. The lowest BCUT2D eigenvalue weighted by Gasteiger charge is -2.32. The topological polar surface area (TPSA) is 30.5 Å². The molecule has 0 spiro atoms. The van der Waals surface area contributed by atoms with Crippen LogP contribution in [0.15, 0.2) is 0 Å². The number of hydrogen-bond donors (Lipinski definition) is 1. The molecule has 0 amide bonds. The molecular weight excluding hydrogens is 166 g/mol. The van der Waals surface area contributed by atoms with Crippen molar-refractivity contribution in [3.05, 3.63) is 0 Å². The zero-order valence-corrected chi connectivity index (χ0v) is 9.52. The summed E-state index contributed by atoms with van der Waals surface area (Å²) in [5.41, 5.74) is 0. The zero-order chi connectivity index (χ0) is 10.3. The van der Waals surface area contributed by atoms with Gasteiger partial charge in [0.25, 0.3) is 0 Å². The van der Waals surface area contributed by atoms with E-state index < -0.39 is 5.91 Å². The molecule has 0 aliphatic carbocycles. The Bertz CT molecular complexity index is 126. The zero-order valence-electron chi connectivity index (χ0n) is 9.52. The lowest BCUT2D eigenvalue weighted by atomic mass is 10.1. The van der Waals surface area contributed by atoms with Crippen LogP contribution in [0.3, 0.4) is 0 Å². The summed E-state index contributed by atoms with van der Waals surface area (Å²) in [5.74, 6) is -0.633. The van der Waals surface area contributed by atoms with E-state index in [1.54, 1.807) is 7.11 Å². The van der Waals surface area contributed by atoms with Crippen LogP contribution in [-0.2, 0) is 9.47 Å². The summed E-state index contributed by atoms with van der Waals surface area (Å²) in [6.07, 6.45) is 2.17. The molecule has 1 unspecified atom stereocenters. The van der Waals surface area contributed by atoms with Gasteiger partial charge < -0.3 is 9.47 Å². The van der Waals surface area contributed by atoms with Gasteiger partial charge in [-0.25, -0.2) is 0 Å². The molecule has 3 heteroatoms. The first kappa shape index (κ1) is 12.9. The molecule has 0 radical (unpaired) electrons. The van der Waals surface area contributed by atoms with E-state index in [0.717, 1.165) is 12.8 Å². The summed E-state index contributed by atoms with van der Waals surface area (Å²) in [5, 5.41) is 3.34. The molecule has 0 fully saturated rings. The Morgan fingerprint density at radius 1 is 1.23 bits per heavy atom. The van der Waals surface area contributed by atoms with Gasteiger partial charge in [0.1, 0.15) is 0 Å². The summed E-state index contributed by atoms with van der Waals surface area (Å²) < 4.78 is 10.8. The lowest BCUT2D eigenvalue weighted by Crippen LogP contribution is -2.51. The molecule has 0 bridgehead atoms. The molecule has 0 heterocycles. The Kier molecular flexibility index (Phi) is 6.29. The molecule has 0 saturated carbocycles. The minimum Gasteiger partial charge on any atom is -0.341 e. The molecule has 80 valence electrons. The predicted octanol–water partition coefficient (Wildman–Crippen LogP) is 2.12. The normalized spacial score (nSPS) is 16.2. The first-order valence-corrected chi connectivity index (χ1v) is 5.08. The standard InChI is InChI=1S/C10H23NO2/c1-6-9(7-2)11-10(4,12-5)13-8-3/h9,11H,6-8H2,1-5H3. The van der Waals surface area contributed by atoms with Crippen molar-refractivity contribution in [2.24, 2.45) is 0 Å². The van der Waals surface area contributed by atoms with Crippen LogP contribution in [-0.4, -0.2) is 25.7 Å². The van der Waals surface area contributed by atoms with Gasteiger partial charge >= 0.3 is 0 Å². The van der Waals surface area contributed by atoms with E-state index in [1.165, 1.54) is 0 Å². The minimum atomic E-state index is -0.633. The molecule has 0 aliphatic rings. The van der Waals surface area contributed by atoms with Crippen molar-refractivity contribution in [1.29, 1.82) is 0 Å². The molecular formula is C10H23NO2. The average Bonchev–Trinajstić information content (AvgIpc) is 2.15. The molecule has 0 aromatic carbocycles. The van der Waals surface area contributed by atoms with Crippen LogP contribution in [0, 0.1) is 0 Å². The Balaban J connectivity index is 4.07. The highest BCUT2D eigenvalue weighted by Crippen LogP contribution is 2.10. The van der Waals surface area contributed by atoms with Crippen molar-refractivity contribution >= 4 is 0 Å². The summed E-state index contributed by atoms with van der Waals surface area (Å²) in [4.78, 5) is 0. The second-order valence-corrected chi connectivity index (χ2v) is 3.24. The van der Waals surface area contributed by atoms with E-state index in [0.29, 0.717) is 12.6 Å². The number of rotatable bonds is 7. The second-order valence-electron chi connectivity index (χ2n) is 3.24. The monoisotopic (exact) mass is 189 g/mol. The maximum Gasteiger partial charge on any atom is 0.224 e. The fourth-order valence-corrected chi connectivity index (χ4v) is 1.30. The molecule has 0 aliphatic heterocycles. The van der Waals surface area contributed by atoms with Crippen LogP contribution < -0.4 is 5.32 Å². The van der Waals surface area contributed by atoms with Crippen LogP contribution >= 0.6 is 0 Å². The van der Waals surface area contributed by atoms with E-state index in [4.69, 9.17) is 9.47 Å². The third kappa shape index (κ3) is 4.60. The highest BCUT2D eigenvalue weighted by Gasteiger charge is 2.25. The summed E-state index contributed by atoms with van der Waals surface area (Å²) in [7, 11) is 1.66. The van der Waals surface area contributed by atoms with Gasteiger partial charge in [-0.15, -0.1) is 0 Å². The van der Waals surface area contributed by atoms with Gasteiger partial charge in [-0.2, -0.15) is 0 Å². The fraction of sp³-hybridized carbons (Fsp3) is 1.00. The number of hydrogen-bond acceptors (Lipinski definition) is 3. The lowest BCUT2D eigenvalue weighted by molar-refractivity contribution is -0.232. The smallest absolute Gasteiger partial charge is 0.224 e.